The van der Waals surface area contributed by atoms with E-state index in [2.05, 4.69) is 81.3 Å². The molecule has 0 aliphatic carbocycles. The molecule has 6 heteroatoms. The summed E-state index contributed by atoms with van der Waals surface area (Å²) < 4.78 is 12.6. The van der Waals surface area contributed by atoms with Crippen molar-refractivity contribution in [2.45, 2.75) is 142 Å². The Kier molecular flexibility index (Phi) is 8.08. The van der Waals surface area contributed by atoms with Gasteiger partial charge in [-0.2, -0.15) is 0 Å². The molecule has 0 radical (unpaired) electrons. The first-order valence-electron chi connectivity index (χ1n) is 12.9. The smallest absolute Gasteiger partial charge is 0.317 e. The molecule has 0 spiro atoms. The Morgan fingerprint density at radius 2 is 1.21 bits per heavy atom. The first-order valence-corrected chi connectivity index (χ1v) is 12.9. The highest BCUT2D eigenvalue weighted by Crippen LogP contribution is 2.45. The molecule has 0 saturated carbocycles. The van der Waals surface area contributed by atoms with Crippen LogP contribution >= 0.6 is 0 Å². The molecule has 2 rings (SSSR count). The van der Waals surface area contributed by atoms with Crippen LogP contribution in [0, 0.1) is 0 Å². The summed E-state index contributed by atoms with van der Waals surface area (Å²) in [6.45, 7) is 21.1. The van der Waals surface area contributed by atoms with E-state index < -0.39 is 11.9 Å². The van der Waals surface area contributed by atoms with Crippen LogP contribution in [0.15, 0.2) is 0 Å². The summed E-state index contributed by atoms with van der Waals surface area (Å²) in [5.41, 5.74) is -0.189. The number of quaternary nitrogens is 1. The van der Waals surface area contributed by atoms with Crippen molar-refractivity contribution in [3.8, 4) is 0 Å². The quantitative estimate of drug-likeness (QED) is 0.297. The molecule has 0 aromatic heterocycles. The van der Waals surface area contributed by atoms with Crippen molar-refractivity contribution in [3.05, 3.63) is 0 Å². The number of likely N-dealkylation sites (tertiary alicyclic amines) is 2. The highest BCUT2D eigenvalue weighted by Gasteiger charge is 2.56. The van der Waals surface area contributed by atoms with E-state index in [1.165, 1.54) is 12.8 Å². The normalized spacial score (nSPS) is 31.1. The molecule has 0 aromatic carbocycles. The maximum absolute atomic E-state index is 12.7. The van der Waals surface area contributed by atoms with Gasteiger partial charge in [-0.05, 0) is 68.9 Å². The molecule has 2 heterocycles. The van der Waals surface area contributed by atoms with Crippen LogP contribution in [0.2, 0.25) is 0 Å². The van der Waals surface area contributed by atoms with Crippen LogP contribution in [0.25, 0.3) is 0 Å². The van der Waals surface area contributed by atoms with Gasteiger partial charge in [0.2, 0.25) is 0 Å². The van der Waals surface area contributed by atoms with E-state index in [4.69, 9.17) is 9.47 Å². The molecular formula is C27H51N2O4+. The van der Waals surface area contributed by atoms with Gasteiger partial charge in [0.1, 0.15) is 18.6 Å². The van der Waals surface area contributed by atoms with Gasteiger partial charge in [-0.15, -0.1) is 0 Å². The third-order valence-electron chi connectivity index (χ3n) is 9.24. The van der Waals surface area contributed by atoms with Crippen LogP contribution in [0.3, 0.4) is 0 Å². The minimum atomic E-state index is -0.473. The van der Waals surface area contributed by atoms with Crippen LogP contribution in [0.4, 0.5) is 0 Å². The lowest BCUT2D eigenvalue weighted by atomic mass is 9.75. The molecule has 0 amide bonds. The van der Waals surface area contributed by atoms with E-state index >= 15 is 0 Å². The Labute approximate surface area is 202 Å². The summed E-state index contributed by atoms with van der Waals surface area (Å²) in [7, 11) is 4.46. The van der Waals surface area contributed by atoms with Crippen molar-refractivity contribution in [3.63, 3.8) is 0 Å². The van der Waals surface area contributed by atoms with Crippen LogP contribution < -0.4 is 0 Å². The molecular weight excluding hydrogens is 416 g/mol. The number of hydrogen-bond acceptors (Lipinski definition) is 5. The lowest BCUT2D eigenvalue weighted by molar-refractivity contribution is -1.00. The molecule has 2 fully saturated rings. The molecule has 0 aromatic rings. The first kappa shape index (κ1) is 28.1. The average molecular weight is 468 g/mol. The molecule has 33 heavy (non-hydrogen) atoms. The van der Waals surface area contributed by atoms with Crippen LogP contribution in [-0.4, -0.2) is 76.3 Å². The molecule has 0 bridgehead atoms. The molecule has 2 saturated heterocycles. The second kappa shape index (κ2) is 9.49. The van der Waals surface area contributed by atoms with E-state index in [1.807, 2.05) is 0 Å². The summed E-state index contributed by atoms with van der Waals surface area (Å²) in [6, 6.07) is 0. The van der Waals surface area contributed by atoms with Crippen LogP contribution in [0.1, 0.15) is 107 Å². The van der Waals surface area contributed by atoms with Gasteiger partial charge in [0.05, 0.1) is 24.7 Å². The second-order valence-electron chi connectivity index (χ2n) is 13.3. The topological polar surface area (TPSA) is 55.8 Å². The number of hydrogen-bond donors (Lipinski definition) is 0. The summed E-state index contributed by atoms with van der Waals surface area (Å²) in [6.07, 6.45) is 4.80. The number of rotatable bonds is 7. The fourth-order valence-electron chi connectivity index (χ4n) is 6.51. The lowest BCUT2D eigenvalue weighted by Crippen LogP contribution is -2.73. The third-order valence-corrected chi connectivity index (χ3v) is 9.24. The van der Waals surface area contributed by atoms with E-state index in [9.17, 15) is 9.59 Å². The molecule has 0 unspecified atom stereocenters. The van der Waals surface area contributed by atoms with Gasteiger partial charge in [0.15, 0.2) is 0 Å². The lowest BCUT2D eigenvalue weighted by Gasteiger charge is -2.61. The van der Waals surface area contributed by atoms with Crippen molar-refractivity contribution >= 4 is 11.9 Å². The highest BCUT2D eigenvalue weighted by molar-refractivity contribution is 5.91. The number of ether oxygens (including phenoxy) is 2. The average Bonchev–Trinajstić information content (AvgIpc) is 2.61. The minimum Gasteiger partial charge on any atom is -0.462 e. The van der Waals surface area contributed by atoms with Gasteiger partial charge < -0.3 is 14.0 Å². The van der Waals surface area contributed by atoms with E-state index in [0.29, 0.717) is 0 Å². The summed E-state index contributed by atoms with van der Waals surface area (Å²) in [5, 5.41) is 0. The van der Waals surface area contributed by atoms with Crippen molar-refractivity contribution < 1.29 is 23.5 Å². The predicted molar refractivity (Wildman–Crippen MR) is 133 cm³/mol. The fraction of sp³-hybridized carbons (Fsp3) is 0.926. The van der Waals surface area contributed by atoms with E-state index in [1.54, 1.807) is 0 Å². The van der Waals surface area contributed by atoms with Crippen molar-refractivity contribution in [2.75, 3.05) is 20.6 Å². The van der Waals surface area contributed by atoms with Crippen molar-refractivity contribution in [1.82, 2.24) is 4.90 Å². The number of esters is 2. The van der Waals surface area contributed by atoms with Gasteiger partial charge in [0.25, 0.3) is 0 Å². The predicted octanol–water partition coefficient (Wildman–Crippen LogP) is 5.08. The van der Waals surface area contributed by atoms with Gasteiger partial charge in [-0.25, -0.2) is 0 Å². The summed E-state index contributed by atoms with van der Waals surface area (Å²) in [4.78, 5) is 27.6. The first-order chi connectivity index (χ1) is 14.9. The zero-order chi connectivity index (χ0) is 25.5. The van der Waals surface area contributed by atoms with Gasteiger partial charge in [-0.3, -0.25) is 14.5 Å². The number of piperidine rings is 2. The Bertz CT molecular complexity index is 690. The van der Waals surface area contributed by atoms with Gasteiger partial charge in [0, 0.05) is 36.8 Å². The number of carbonyl (C=O) groups excluding carboxylic acids is 2. The molecule has 192 valence electrons. The number of carbonyl (C=O) groups is 2. The second-order valence-corrected chi connectivity index (χ2v) is 13.3. The molecule has 6 nitrogen and oxygen atoms in total. The van der Waals surface area contributed by atoms with Crippen molar-refractivity contribution in [1.29, 1.82) is 0 Å². The molecule has 2 aliphatic rings. The van der Waals surface area contributed by atoms with Crippen LogP contribution in [0.5, 0.6) is 0 Å². The van der Waals surface area contributed by atoms with Gasteiger partial charge >= 0.3 is 11.9 Å². The summed E-state index contributed by atoms with van der Waals surface area (Å²) in [5.74, 6) is -0.938. The fourth-order valence-corrected chi connectivity index (χ4v) is 6.51. The molecule has 0 atom stereocenters. The zero-order valence-corrected chi connectivity index (χ0v) is 23.3. The summed E-state index contributed by atoms with van der Waals surface area (Å²) >= 11 is 0. The Morgan fingerprint density at radius 3 is 1.61 bits per heavy atom. The zero-order valence-electron chi connectivity index (χ0n) is 23.3. The Hall–Kier alpha value is -1.14. The molecule has 0 N–H and O–H groups in total. The molecule has 2 aliphatic heterocycles. The SMILES string of the molecule is CCCC[N+]1(C)C(C)(C)CC(OC(=O)CC(=O)OC2CC(C)(C)N(C)C(C)(C)C2)CC1(C)C. The van der Waals surface area contributed by atoms with Crippen molar-refractivity contribution in [2.24, 2.45) is 0 Å². The largest absolute Gasteiger partial charge is 0.462 e. The monoisotopic (exact) mass is 467 g/mol. The third kappa shape index (κ3) is 5.93. The number of unbranched alkanes of at least 4 members (excludes halogenated alkanes) is 1. The Morgan fingerprint density at radius 1 is 0.818 bits per heavy atom. The Balaban J connectivity index is 1.96. The maximum Gasteiger partial charge on any atom is 0.317 e. The standard InChI is InChI=1S/C27H51N2O4/c1-12-13-14-29(11)26(6,7)18-21(19-27(29,8)9)33-23(31)15-22(30)32-20-16-24(2,3)28(10)25(4,5)17-20/h20-21H,12-19H2,1-11H3/q+1. The van der Waals surface area contributed by atoms with E-state index in [0.717, 1.165) is 36.7 Å². The van der Waals surface area contributed by atoms with Gasteiger partial charge in [-0.1, -0.05) is 13.3 Å². The highest BCUT2D eigenvalue weighted by atomic mass is 16.6. The van der Waals surface area contributed by atoms with E-state index in [-0.39, 0.29) is 40.8 Å². The minimum absolute atomic E-state index is 0.0202. The number of nitrogens with zero attached hydrogens (tertiary/aromatic N) is 2. The van der Waals surface area contributed by atoms with Crippen LogP contribution in [-0.2, 0) is 19.1 Å². The maximum atomic E-state index is 12.7.